The van der Waals surface area contributed by atoms with Crippen LogP contribution >= 0.6 is 0 Å². The summed E-state index contributed by atoms with van der Waals surface area (Å²) in [6.45, 7) is 5.30. The number of hydrogen-bond acceptors (Lipinski definition) is 4. The molecule has 14 heavy (non-hydrogen) atoms. The largest absolute Gasteiger partial charge is 0.394 e. The lowest BCUT2D eigenvalue weighted by atomic mass is 9.92. The summed E-state index contributed by atoms with van der Waals surface area (Å²) in [5.41, 5.74) is 0.811. The fraction of sp³-hybridized carbons (Fsp3) is 0.800. The molecule has 84 valence electrons. The summed E-state index contributed by atoms with van der Waals surface area (Å²) in [5, 5.41) is 18.3. The second-order valence-electron chi connectivity index (χ2n) is 3.34. The summed E-state index contributed by atoms with van der Waals surface area (Å²) in [4.78, 5) is 0. The highest BCUT2D eigenvalue weighted by Gasteiger charge is 2.23. The molecule has 2 atom stereocenters. The zero-order valence-corrected chi connectivity index (χ0v) is 9.06. The van der Waals surface area contributed by atoms with Crippen molar-refractivity contribution in [3.05, 3.63) is 12.2 Å². The molecule has 0 aromatic heterocycles. The summed E-state index contributed by atoms with van der Waals surface area (Å²) in [6.07, 6.45) is -0.692. The lowest BCUT2D eigenvalue weighted by molar-refractivity contribution is -0.120. The van der Waals surface area contributed by atoms with Gasteiger partial charge in [0.05, 0.1) is 12.7 Å². The Balaban J connectivity index is 4.28. The molecule has 0 aromatic carbocycles. The average molecular weight is 204 g/mol. The Bertz CT molecular complexity index is 166. The number of ether oxygens (including phenoxy) is 2. The van der Waals surface area contributed by atoms with Crippen LogP contribution in [0.2, 0.25) is 0 Å². The monoisotopic (exact) mass is 204 g/mol. The van der Waals surface area contributed by atoms with Crippen LogP contribution < -0.4 is 0 Å². The molecule has 4 nitrogen and oxygen atoms in total. The molecule has 2 N–H and O–H groups in total. The molecule has 0 rings (SSSR count). The molecule has 0 bridgehead atoms. The van der Waals surface area contributed by atoms with Crippen molar-refractivity contribution in [3.63, 3.8) is 0 Å². The van der Waals surface area contributed by atoms with Crippen molar-refractivity contribution in [1.82, 2.24) is 0 Å². The minimum Gasteiger partial charge on any atom is -0.394 e. The summed E-state index contributed by atoms with van der Waals surface area (Å²) in [7, 11) is 3.07. The molecule has 0 radical (unpaired) electrons. The van der Waals surface area contributed by atoms with E-state index in [-0.39, 0.29) is 18.8 Å². The van der Waals surface area contributed by atoms with Gasteiger partial charge in [-0.3, -0.25) is 0 Å². The van der Waals surface area contributed by atoms with Crippen LogP contribution in [0.25, 0.3) is 0 Å². The number of aliphatic hydroxyl groups excluding tert-OH is 2. The van der Waals surface area contributed by atoms with Gasteiger partial charge in [0, 0.05) is 26.6 Å². The fourth-order valence-corrected chi connectivity index (χ4v) is 1.31. The molecule has 0 heterocycles. The van der Waals surface area contributed by atoms with Gasteiger partial charge in [-0.1, -0.05) is 12.2 Å². The lowest BCUT2D eigenvalue weighted by Crippen LogP contribution is -2.30. The van der Waals surface area contributed by atoms with Crippen LogP contribution in [-0.4, -0.2) is 43.4 Å². The van der Waals surface area contributed by atoms with E-state index in [9.17, 15) is 5.11 Å². The van der Waals surface area contributed by atoms with Gasteiger partial charge in [-0.25, -0.2) is 0 Å². The van der Waals surface area contributed by atoms with Gasteiger partial charge < -0.3 is 19.7 Å². The Labute approximate surface area is 85.1 Å². The van der Waals surface area contributed by atoms with E-state index in [1.165, 1.54) is 14.2 Å². The number of methoxy groups -OCH3 is 2. The molecule has 0 aromatic rings. The summed E-state index contributed by atoms with van der Waals surface area (Å²) < 4.78 is 10.0. The molecule has 0 aliphatic rings. The Morgan fingerprint density at radius 3 is 2.14 bits per heavy atom. The first-order chi connectivity index (χ1) is 6.56. The van der Waals surface area contributed by atoms with Crippen LogP contribution in [0.3, 0.4) is 0 Å². The molecule has 0 saturated carbocycles. The van der Waals surface area contributed by atoms with Gasteiger partial charge in [-0.05, 0) is 6.92 Å². The van der Waals surface area contributed by atoms with Gasteiger partial charge in [0.1, 0.15) is 0 Å². The average Bonchev–Trinajstić information content (AvgIpc) is 2.18. The van der Waals surface area contributed by atoms with E-state index in [0.717, 1.165) is 5.57 Å². The topological polar surface area (TPSA) is 58.9 Å². The standard InChI is InChI=1S/C10H20O4/c1-7(2)8(9(12)6-11)5-10(13-3)14-4/h8-12H,1,5-6H2,2-4H3/t8-,9+/m1/s1. The Morgan fingerprint density at radius 2 is 1.86 bits per heavy atom. The highest BCUT2D eigenvalue weighted by atomic mass is 16.7. The Kier molecular flexibility index (Phi) is 6.74. The molecule has 0 aliphatic heterocycles. The van der Waals surface area contributed by atoms with Crippen molar-refractivity contribution in [2.75, 3.05) is 20.8 Å². The van der Waals surface area contributed by atoms with Crippen LogP contribution in [0.1, 0.15) is 13.3 Å². The first-order valence-corrected chi connectivity index (χ1v) is 4.56. The first-order valence-electron chi connectivity index (χ1n) is 4.56. The third-order valence-corrected chi connectivity index (χ3v) is 2.26. The Morgan fingerprint density at radius 1 is 1.36 bits per heavy atom. The number of hydrogen-bond donors (Lipinski definition) is 2. The van der Waals surface area contributed by atoms with E-state index in [1.54, 1.807) is 0 Å². The van der Waals surface area contributed by atoms with Crippen molar-refractivity contribution in [2.45, 2.75) is 25.7 Å². The van der Waals surface area contributed by atoms with Crippen molar-refractivity contribution in [3.8, 4) is 0 Å². The van der Waals surface area contributed by atoms with Crippen LogP contribution in [-0.2, 0) is 9.47 Å². The molecule has 0 amide bonds. The number of aliphatic hydroxyl groups is 2. The maximum atomic E-state index is 9.51. The van der Waals surface area contributed by atoms with E-state index in [0.29, 0.717) is 6.42 Å². The van der Waals surface area contributed by atoms with Gasteiger partial charge in [0.25, 0.3) is 0 Å². The SMILES string of the molecule is C=C(C)[C@@H](CC(OC)OC)[C@@H](O)CO. The van der Waals surface area contributed by atoms with Crippen LogP contribution in [0, 0.1) is 5.92 Å². The van der Waals surface area contributed by atoms with E-state index in [1.807, 2.05) is 6.92 Å². The third kappa shape index (κ3) is 4.19. The molecule has 4 heteroatoms. The van der Waals surface area contributed by atoms with Gasteiger partial charge in [0.2, 0.25) is 0 Å². The van der Waals surface area contributed by atoms with Gasteiger partial charge in [-0.15, -0.1) is 0 Å². The highest BCUT2D eigenvalue weighted by Crippen LogP contribution is 2.21. The van der Waals surface area contributed by atoms with Gasteiger partial charge in [0.15, 0.2) is 6.29 Å². The second kappa shape index (κ2) is 6.95. The number of rotatable bonds is 7. The Hall–Kier alpha value is -0.420. The predicted octanol–water partition coefficient (Wildman–Crippen LogP) is 0.541. The summed E-state index contributed by atoms with van der Waals surface area (Å²) in [6, 6.07) is 0. The molecular formula is C10H20O4. The molecule has 0 unspecified atom stereocenters. The second-order valence-corrected chi connectivity index (χ2v) is 3.34. The minimum absolute atomic E-state index is 0.204. The van der Waals surface area contributed by atoms with Crippen molar-refractivity contribution >= 4 is 0 Å². The van der Waals surface area contributed by atoms with Crippen molar-refractivity contribution in [1.29, 1.82) is 0 Å². The van der Waals surface area contributed by atoms with E-state index >= 15 is 0 Å². The molecular weight excluding hydrogens is 184 g/mol. The van der Waals surface area contributed by atoms with Crippen molar-refractivity contribution in [2.24, 2.45) is 5.92 Å². The molecule has 0 aliphatic carbocycles. The van der Waals surface area contributed by atoms with Crippen LogP contribution in [0.15, 0.2) is 12.2 Å². The van der Waals surface area contributed by atoms with E-state index < -0.39 is 6.10 Å². The van der Waals surface area contributed by atoms with Gasteiger partial charge in [-0.2, -0.15) is 0 Å². The van der Waals surface area contributed by atoms with Crippen LogP contribution in [0.4, 0.5) is 0 Å². The maximum absolute atomic E-state index is 9.51. The smallest absolute Gasteiger partial charge is 0.157 e. The maximum Gasteiger partial charge on any atom is 0.157 e. The molecule has 0 saturated heterocycles. The van der Waals surface area contributed by atoms with Gasteiger partial charge >= 0.3 is 0 Å². The molecule has 0 spiro atoms. The summed E-state index contributed by atoms with van der Waals surface area (Å²) >= 11 is 0. The minimum atomic E-state index is -0.805. The summed E-state index contributed by atoms with van der Waals surface area (Å²) in [5.74, 6) is -0.204. The highest BCUT2D eigenvalue weighted by molar-refractivity contribution is 4.99. The van der Waals surface area contributed by atoms with E-state index in [4.69, 9.17) is 14.6 Å². The van der Waals surface area contributed by atoms with Crippen LogP contribution in [0.5, 0.6) is 0 Å². The molecule has 0 fully saturated rings. The zero-order chi connectivity index (χ0) is 11.1. The first kappa shape index (κ1) is 13.6. The van der Waals surface area contributed by atoms with E-state index in [2.05, 4.69) is 6.58 Å². The zero-order valence-electron chi connectivity index (χ0n) is 9.06. The quantitative estimate of drug-likeness (QED) is 0.469. The van der Waals surface area contributed by atoms with Crippen molar-refractivity contribution < 1.29 is 19.7 Å². The lowest BCUT2D eigenvalue weighted by Gasteiger charge is -2.25. The fourth-order valence-electron chi connectivity index (χ4n) is 1.31. The predicted molar refractivity (Wildman–Crippen MR) is 53.8 cm³/mol. The normalized spacial score (nSPS) is 15.6. The third-order valence-electron chi connectivity index (χ3n) is 2.26.